The monoisotopic (exact) mass is 224 g/mol. The van der Waals surface area contributed by atoms with Crippen molar-refractivity contribution in [3.63, 3.8) is 0 Å². The van der Waals surface area contributed by atoms with E-state index in [0.29, 0.717) is 12.3 Å². The van der Waals surface area contributed by atoms with Crippen LogP contribution in [0.5, 0.6) is 5.75 Å². The van der Waals surface area contributed by atoms with Crippen molar-refractivity contribution in [2.24, 2.45) is 0 Å². The standard InChI is InChI=1S/C12H13ClO2/c1-14-10-15-12-7-5-11(6-8-12)4-2-3-9-13/h5-8H,3,9-10H2,1H3. The van der Waals surface area contributed by atoms with Crippen LogP contribution in [0.2, 0.25) is 0 Å². The van der Waals surface area contributed by atoms with Crippen LogP contribution in [0.3, 0.4) is 0 Å². The highest BCUT2D eigenvalue weighted by atomic mass is 35.5. The van der Waals surface area contributed by atoms with Crippen molar-refractivity contribution in [2.75, 3.05) is 19.8 Å². The second kappa shape index (κ2) is 7.17. The maximum Gasteiger partial charge on any atom is 0.188 e. The first kappa shape index (κ1) is 11.9. The van der Waals surface area contributed by atoms with Gasteiger partial charge in [-0.05, 0) is 24.3 Å². The number of ether oxygens (including phenoxy) is 2. The molecule has 0 aliphatic heterocycles. The van der Waals surface area contributed by atoms with Crippen molar-refractivity contribution in [3.05, 3.63) is 29.8 Å². The highest BCUT2D eigenvalue weighted by Crippen LogP contribution is 2.11. The van der Waals surface area contributed by atoms with Crippen molar-refractivity contribution in [3.8, 4) is 17.6 Å². The molecule has 0 radical (unpaired) electrons. The van der Waals surface area contributed by atoms with E-state index in [1.807, 2.05) is 24.3 Å². The summed E-state index contributed by atoms with van der Waals surface area (Å²) in [4.78, 5) is 0. The van der Waals surface area contributed by atoms with Gasteiger partial charge < -0.3 is 9.47 Å². The number of methoxy groups -OCH3 is 1. The number of benzene rings is 1. The third kappa shape index (κ3) is 4.73. The first-order valence-electron chi connectivity index (χ1n) is 4.63. The largest absolute Gasteiger partial charge is 0.468 e. The molecule has 2 nitrogen and oxygen atoms in total. The van der Waals surface area contributed by atoms with Gasteiger partial charge in [-0.25, -0.2) is 0 Å². The molecule has 80 valence electrons. The maximum absolute atomic E-state index is 5.51. The molecule has 0 aliphatic rings. The van der Waals surface area contributed by atoms with Gasteiger partial charge in [0.1, 0.15) is 5.75 Å². The molecule has 1 aromatic rings. The van der Waals surface area contributed by atoms with Crippen LogP contribution in [-0.4, -0.2) is 19.8 Å². The summed E-state index contributed by atoms with van der Waals surface area (Å²) in [5, 5.41) is 0. The summed E-state index contributed by atoms with van der Waals surface area (Å²) in [5.41, 5.74) is 0.963. The minimum Gasteiger partial charge on any atom is -0.468 e. The quantitative estimate of drug-likeness (QED) is 0.445. The van der Waals surface area contributed by atoms with Gasteiger partial charge in [-0.2, -0.15) is 0 Å². The first-order valence-corrected chi connectivity index (χ1v) is 5.17. The molecule has 0 unspecified atom stereocenters. The van der Waals surface area contributed by atoms with Crippen molar-refractivity contribution < 1.29 is 9.47 Å². The van der Waals surface area contributed by atoms with Gasteiger partial charge in [0.15, 0.2) is 6.79 Å². The van der Waals surface area contributed by atoms with E-state index in [9.17, 15) is 0 Å². The Balaban J connectivity index is 2.53. The molecule has 1 rings (SSSR count). The Hall–Kier alpha value is -1.17. The average Bonchev–Trinajstić information content (AvgIpc) is 2.28. The average molecular weight is 225 g/mol. The van der Waals surface area contributed by atoms with E-state index < -0.39 is 0 Å². The Morgan fingerprint density at radius 3 is 2.60 bits per heavy atom. The number of rotatable bonds is 4. The predicted octanol–water partition coefficient (Wildman–Crippen LogP) is 2.65. The van der Waals surface area contributed by atoms with Crippen LogP contribution < -0.4 is 4.74 Å². The summed E-state index contributed by atoms with van der Waals surface area (Å²) in [7, 11) is 1.59. The lowest BCUT2D eigenvalue weighted by atomic mass is 10.2. The van der Waals surface area contributed by atoms with Crippen LogP contribution in [0.15, 0.2) is 24.3 Å². The number of hydrogen-bond donors (Lipinski definition) is 0. The zero-order valence-corrected chi connectivity index (χ0v) is 9.38. The van der Waals surface area contributed by atoms with Crippen LogP contribution in [0.25, 0.3) is 0 Å². The highest BCUT2D eigenvalue weighted by Gasteiger charge is 1.92. The highest BCUT2D eigenvalue weighted by molar-refractivity contribution is 6.18. The number of halogens is 1. The van der Waals surface area contributed by atoms with Crippen molar-refractivity contribution >= 4 is 11.6 Å². The Morgan fingerprint density at radius 2 is 2.00 bits per heavy atom. The molecule has 0 N–H and O–H groups in total. The van der Waals surface area contributed by atoms with E-state index in [-0.39, 0.29) is 6.79 Å². The van der Waals surface area contributed by atoms with Crippen molar-refractivity contribution in [1.82, 2.24) is 0 Å². The fraction of sp³-hybridized carbons (Fsp3) is 0.333. The molecule has 1 aromatic carbocycles. The summed E-state index contributed by atoms with van der Waals surface area (Å²) in [5.74, 6) is 7.32. The summed E-state index contributed by atoms with van der Waals surface area (Å²) < 4.78 is 10.0. The molecule has 15 heavy (non-hydrogen) atoms. The number of alkyl halides is 1. The molecule has 0 aliphatic carbocycles. The molecule has 0 heterocycles. The third-order valence-electron chi connectivity index (χ3n) is 1.65. The Morgan fingerprint density at radius 1 is 1.27 bits per heavy atom. The SMILES string of the molecule is COCOc1ccc(C#CCCCl)cc1. The van der Waals surface area contributed by atoms with Gasteiger partial charge >= 0.3 is 0 Å². The Labute approximate surface area is 95.2 Å². The topological polar surface area (TPSA) is 18.5 Å². The van der Waals surface area contributed by atoms with Gasteiger partial charge in [-0.15, -0.1) is 11.6 Å². The van der Waals surface area contributed by atoms with Gasteiger partial charge in [-0.3, -0.25) is 0 Å². The van der Waals surface area contributed by atoms with Gasteiger partial charge in [0.25, 0.3) is 0 Å². The predicted molar refractivity (Wildman–Crippen MR) is 61.2 cm³/mol. The molecule has 0 spiro atoms. The van der Waals surface area contributed by atoms with E-state index in [4.69, 9.17) is 21.1 Å². The Bertz CT molecular complexity index is 335. The molecule has 0 saturated carbocycles. The zero-order chi connectivity index (χ0) is 10.9. The van der Waals surface area contributed by atoms with E-state index in [2.05, 4.69) is 11.8 Å². The first-order chi connectivity index (χ1) is 7.36. The summed E-state index contributed by atoms with van der Waals surface area (Å²) in [6.07, 6.45) is 0.712. The third-order valence-corrected chi connectivity index (χ3v) is 1.84. The minimum absolute atomic E-state index is 0.261. The molecule has 0 saturated heterocycles. The van der Waals surface area contributed by atoms with E-state index in [1.165, 1.54) is 0 Å². The van der Waals surface area contributed by atoms with Crippen LogP contribution in [-0.2, 0) is 4.74 Å². The van der Waals surface area contributed by atoms with E-state index >= 15 is 0 Å². The summed E-state index contributed by atoms with van der Waals surface area (Å²) in [6.45, 7) is 0.261. The van der Waals surface area contributed by atoms with Crippen molar-refractivity contribution in [1.29, 1.82) is 0 Å². The lowest BCUT2D eigenvalue weighted by Gasteiger charge is -2.03. The lowest BCUT2D eigenvalue weighted by molar-refractivity contribution is 0.0511. The maximum atomic E-state index is 5.51. The van der Waals surface area contributed by atoms with Crippen LogP contribution in [0, 0.1) is 11.8 Å². The van der Waals surface area contributed by atoms with Gasteiger partial charge in [0.05, 0.1) is 0 Å². The Kier molecular flexibility index (Phi) is 5.69. The molecule has 0 fully saturated rings. The zero-order valence-electron chi connectivity index (χ0n) is 8.63. The molecule has 0 bridgehead atoms. The molecular weight excluding hydrogens is 212 g/mol. The van der Waals surface area contributed by atoms with Gasteiger partial charge in [-0.1, -0.05) is 11.8 Å². The van der Waals surface area contributed by atoms with Crippen molar-refractivity contribution in [2.45, 2.75) is 6.42 Å². The van der Waals surface area contributed by atoms with Gasteiger partial charge in [0, 0.05) is 25.0 Å². The molecule has 0 amide bonds. The smallest absolute Gasteiger partial charge is 0.188 e. The molecule has 0 aromatic heterocycles. The fourth-order valence-electron chi connectivity index (χ4n) is 0.973. The summed E-state index contributed by atoms with van der Waals surface area (Å²) >= 11 is 5.51. The van der Waals surface area contributed by atoms with E-state index in [1.54, 1.807) is 7.11 Å². The fourth-order valence-corrected chi connectivity index (χ4v) is 1.07. The second-order valence-electron chi connectivity index (χ2n) is 2.82. The molecular formula is C12H13ClO2. The van der Waals surface area contributed by atoms with Gasteiger partial charge in [0.2, 0.25) is 0 Å². The molecule has 0 atom stereocenters. The summed E-state index contributed by atoms with van der Waals surface area (Å²) in [6, 6.07) is 7.55. The molecule has 3 heteroatoms. The lowest BCUT2D eigenvalue weighted by Crippen LogP contribution is -1.98. The second-order valence-corrected chi connectivity index (χ2v) is 3.19. The normalized spacial score (nSPS) is 9.20. The minimum atomic E-state index is 0.261. The van der Waals surface area contributed by atoms with E-state index in [0.717, 1.165) is 11.3 Å². The van der Waals surface area contributed by atoms with Crippen LogP contribution in [0.4, 0.5) is 0 Å². The van der Waals surface area contributed by atoms with Crippen LogP contribution >= 0.6 is 11.6 Å². The number of hydrogen-bond acceptors (Lipinski definition) is 2. The van der Waals surface area contributed by atoms with Crippen LogP contribution in [0.1, 0.15) is 12.0 Å².